The normalized spacial score (nSPS) is 11.3. The molecule has 27 heavy (non-hydrogen) atoms. The molecule has 0 aliphatic heterocycles. The molecular formula is C22H20N2O3. The lowest BCUT2D eigenvalue weighted by Crippen LogP contribution is -2.43. The summed E-state index contributed by atoms with van der Waals surface area (Å²) in [6, 6.07) is 24.8. The van der Waals surface area contributed by atoms with Gasteiger partial charge in [0.2, 0.25) is 0 Å². The Balaban J connectivity index is 1.87. The number of carbonyl (C=O) groups is 1. The topological polar surface area (TPSA) is 70.9 Å². The van der Waals surface area contributed by atoms with Gasteiger partial charge in [-0.1, -0.05) is 72.8 Å². The number of nitrogens with one attached hydrogen (secondary N) is 1. The molecule has 0 unspecified atom stereocenters. The van der Waals surface area contributed by atoms with E-state index in [2.05, 4.69) is 10.5 Å². The van der Waals surface area contributed by atoms with Crippen LogP contribution in [0.15, 0.2) is 90.0 Å². The van der Waals surface area contributed by atoms with Crippen LogP contribution in [0.1, 0.15) is 16.7 Å². The van der Waals surface area contributed by atoms with Gasteiger partial charge in [0.05, 0.1) is 13.3 Å². The van der Waals surface area contributed by atoms with Crippen LogP contribution in [-0.4, -0.2) is 24.3 Å². The molecule has 3 aromatic carbocycles. The second-order valence-corrected chi connectivity index (χ2v) is 5.92. The summed E-state index contributed by atoms with van der Waals surface area (Å²) in [6.07, 6.45) is 1.50. The van der Waals surface area contributed by atoms with Gasteiger partial charge in [-0.05, 0) is 28.8 Å². The zero-order chi connectivity index (χ0) is 19.1. The molecule has 0 heterocycles. The lowest BCUT2D eigenvalue weighted by molar-refractivity contribution is -0.136. The maximum absolute atomic E-state index is 12.9. The molecule has 0 fully saturated rings. The Morgan fingerprint density at radius 3 is 2.11 bits per heavy atom. The largest absolute Gasteiger partial charge is 0.497 e. The first kappa shape index (κ1) is 18.4. The highest BCUT2D eigenvalue weighted by Crippen LogP contribution is 2.29. The number of benzene rings is 3. The van der Waals surface area contributed by atoms with Crippen LogP contribution in [0.3, 0.4) is 0 Å². The summed E-state index contributed by atoms with van der Waals surface area (Å²) in [5.74, 6) is 0.0504. The molecule has 0 saturated heterocycles. The summed E-state index contributed by atoms with van der Waals surface area (Å²) in [5, 5.41) is 15.3. The van der Waals surface area contributed by atoms with Crippen molar-refractivity contribution in [3.8, 4) is 5.75 Å². The minimum Gasteiger partial charge on any atom is -0.497 e. The highest BCUT2D eigenvalue weighted by atomic mass is 16.5. The quantitative estimate of drug-likeness (QED) is 0.524. The van der Waals surface area contributed by atoms with Crippen molar-refractivity contribution in [1.29, 1.82) is 0 Å². The van der Waals surface area contributed by atoms with Crippen molar-refractivity contribution in [1.82, 2.24) is 5.43 Å². The van der Waals surface area contributed by atoms with Crippen molar-refractivity contribution in [3.05, 3.63) is 102 Å². The van der Waals surface area contributed by atoms with E-state index >= 15 is 0 Å². The summed E-state index contributed by atoms with van der Waals surface area (Å²) < 4.78 is 5.16. The van der Waals surface area contributed by atoms with E-state index in [-0.39, 0.29) is 0 Å². The van der Waals surface area contributed by atoms with Crippen molar-refractivity contribution in [2.24, 2.45) is 5.10 Å². The highest BCUT2D eigenvalue weighted by Gasteiger charge is 2.39. The second kappa shape index (κ2) is 8.29. The number of carbonyl (C=O) groups excluding carboxylic acids is 1. The molecule has 0 aromatic heterocycles. The van der Waals surface area contributed by atoms with Gasteiger partial charge in [0.25, 0.3) is 5.91 Å². The van der Waals surface area contributed by atoms with Crippen molar-refractivity contribution in [2.45, 2.75) is 5.60 Å². The van der Waals surface area contributed by atoms with Crippen LogP contribution in [0.2, 0.25) is 0 Å². The van der Waals surface area contributed by atoms with Gasteiger partial charge < -0.3 is 9.84 Å². The number of ether oxygens (including phenoxy) is 1. The number of hydrogen-bond acceptors (Lipinski definition) is 4. The first-order valence-electron chi connectivity index (χ1n) is 8.45. The van der Waals surface area contributed by atoms with E-state index < -0.39 is 11.5 Å². The molecule has 0 radical (unpaired) electrons. The van der Waals surface area contributed by atoms with Crippen LogP contribution in [0.5, 0.6) is 5.75 Å². The number of aliphatic hydroxyl groups is 1. The predicted octanol–water partition coefficient (Wildman–Crippen LogP) is 3.08. The van der Waals surface area contributed by atoms with Crippen molar-refractivity contribution in [3.63, 3.8) is 0 Å². The van der Waals surface area contributed by atoms with Crippen LogP contribution in [0.25, 0.3) is 0 Å². The summed E-state index contributed by atoms with van der Waals surface area (Å²) in [5.41, 5.74) is 2.28. The van der Waals surface area contributed by atoms with Crippen molar-refractivity contribution in [2.75, 3.05) is 7.11 Å². The van der Waals surface area contributed by atoms with E-state index in [0.29, 0.717) is 16.9 Å². The zero-order valence-electron chi connectivity index (χ0n) is 14.9. The minimum atomic E-state index is -1.85. The van der Waals surface area contributed by atoms with Gasteiger partial charge in [0.1, 0.15) is 5.75 Å². The maximum atomic E-state index is 12.9. The van der Waals surface area contributed by atoms with Crippen LogP contribution in [0, 0.1) is 0 Å². The molecule has 0 spiro atoms. The first-order valence-corrected chi connectivity index (χ1v) is 8.45. The van der Waals surface area contributed by atoms with Crippen molar-refractivity contribution >= 4 is 12.1 Å². The standard InChI is InChI=1S/C22H20N2O3/c1-27-20-14-8-9-17(15-20)16-23-24-21(25)22(26,18-10-4-2-5-11-18)19-12-6-3-7-13-19/h2-16,26H,1H3,(H,24,25)/b23-16+. The molecule has 5 heteroatoms. The van der Waals surface area contributed by atoms with Crippen LogP contribution in [0.4, 0.5) is 0 Å². The summed E-state index contributed by atoms with van der Waals surface area (Å²) >= 11 is 0. The second-order valence-electron chi connectivity index (χ2n) is 5.92. The first-order chi connectivity index (χ1) is 13.1. The van der Waals surface area contributed by atoms with Gasteiger partial charge >= 0.3 is 0 Å². The average molecular weight is 360 g/mol. The molecular weight excluding hydrogens is 340 g/mol. The monoisotopic (exact) mass is 360 g/mol. The van der Waals surface area contributed by atoms with Crippen molar-refractivity contribution < 1.29 is 14.6 Å². The maximum Gasteiger partial charge on any atom is 0.281 e. The van der Waals surface area contributed by atoms with Gasteiger partial charge in [0.15, 0.2) is 5.60 Å². The van der Waals surface area contributed by atoms with E-state index in [1.807, 2.05) is 30.3 Å². The van der Waals surface area contributed by atoms with E-state index in [0.717, 1.165) is 5.56 Å². The Morgan fingerprint density at radius 2 is 1.56 bits per heavy atom. The molecule has 5 nitrogen and oxygen atoms in total. The summed E-state index contributed by atoms with van der Waals surface area (Å²) in [6.45, 7) is 0. The third-order valence-electron chi connectivity index (χ3n) is 4.19. The van der Waals surface area contributed by atoms with Gasteiger partial charge in [0, 0.05) is 0 Å². The smallest absolute Gasteiger partial charge is 0.281 e. The molecule has 1 amide bonds. The number of amides is 1. The molecule has 3 rings (SSSR count). The van der Waals surface area contributed by atoms with Crippen LogP contribution in [-0.2, 0) is 10.4 Å². The number of methoxy groups -OCH3 is 1. The fourth-order valence-corrected chi connectivity index (χ4v) is 2.76. The highest BCUT2D eigenvalue weighted by molar-refractivity contribution is 5.91. The fourth-order valence-electron chi connectivity index (χ4n) is 2.76. The van der Waals surface area contributed by atoms with E-state index in [4.69, 9.17) is 4.74 Å². The SMILES string of the molecule is COc1cccc(/C=N/NC(=O)C(O)(c2ccccc2)c2ccccc2)c1. The molecule has 2 N–H and O–H groups in total. The van der Waals surface area contributed by atoms with E-state index in [9.17, 15) is 9.90 Å². The summed E-state index contributed by atoms with van der Waals surface area (Å²) in [7, 11) is 1.58. The molecule has 136 valence electrons. The number of hydrogen-bond donors (Lipinski definition) is 2. The number of nitrogens with zero attached hydrogens (tertiary/aromatic N) is 1. The molecule has 0 saturated carbocycles. The third kappa shape index (κ3) is 4.04. The lowest BCUT2D eigenvalue weighted by Gasteiger charge is -2.27. The minimum absolute atomic E-state index is 0.463. The lowest BCUT2D eigenvalue weighted by atomic mass is 9.85. The Hall–Kier alpha value is -3.44. The number of hydrazone groups is 1. The van der Waals surface area contributed by atoms with E-state index in [1.165, 1.54) is 6.21 Å². The molecule has 0 aliphatic carbocycles. The Morgan fingerprint density at radius 1 is 0.963 bits per heavy atom. The predicted molar refractivity (Wildman–Crippen MR) is 105 cm³/mol. The summed E-state index contributed by atoms with van der Waals surface area (Å²) in [4.78, 5) is 12.9. The van der Waals surface area contributed by atoms with Gasteiger partial charge in [-0.2, -0.15) is 5.10 Å². The Kier molecular flexibility index (Phi) is 5.64. The molecule has 0 atom stereocenters. The molecule has 3 aromatic rings. The zero-order valence-corrected chi connectivity index (χ0v) is 14.9. The number of rotatable bonds is 6. The van der Waals surface area contributed by atoms with Crippen LogP contribution < -0.4 is 10.2 Å². The van der Waals surface area contributed by atoms with Gasteiger partial charge in [-0.3, -0.25) is 4.79 Å². The third-order valence-corrected chi connectivity index (χ3v) is 4.19. The van der Waals surface area contributed by atoms with Gasteiger partial charge in [-0.15, -0.1) is 0 Å². The average Bonchev–Trinajstić information content (AvgIpc) is 2.74. The van der Waals surface area contributed by atoms with E-state index in [1.54, 1.807) is 61.7 Å². The Labute approximate surface area is 157 Å². The Bertz CT molecular complexity index is 885. The van der Waals surface area contributed by atoms with Gasteiger partial charge in [-0.25, -0.2) is 5.43 Å². The van der Waals surface area contributed by atoms with Crippen LogP contribution >= 0.6 is 0 Å². The fraction of sp³-hybridized carbons (Fsp3) is 0.0909. The molecule has 0 aliphatic rings. The molecule has 0 bridgehead atoms.